The number of nitro groups is 1. The van der Waals surface area contributed by atoms with Crippen molar-refractivity contribution in [3.05, 3.63) is 88.4 Å². The molecular formula is C21H17N7O3. The van der Waals surface area contributed by atoms with Crippen LogP contribution in [0.4, 0.5) is 23.0 Å². The average Bonchev–Trinajstić information content (AvgIpc) is 2.78. The fourth-order valence-corrected chi connectivity index (χ4v) is 3.09. The lowest BCUT2D eigenvalue weighted by atomic mass is 10.1. The number of hydrazine groups is 1. The zero-order valence-corrected chi connectivity index (χ0v) is 16.4. The van der Waals surface area contributed by atoms with Crippen LogP contribution in [0.2, 0.25) is 0 Å². The Bertz CT molecular complexity index is 1290. The van der Waals surface area contributed by atoms with Gasteiger partial charge in [-0.05, 0) is 42.8 Å². The number of amides is 1. The van der Waals surface area contributed by atoms with E-state index in [4.69, 9.17) is 0 Å². The third kappa shape index (κ3) is 4.08. The third-order valence-corrected chi connectivity index (χ3v) is 4.59. The van der Waals surface area contributed by atoms with Crippen molar-refractivity contribution in [2.75, 3.05) is 10.7 Å². The number of carbonyl (C=O) groups is 1. The lowest BCUT2D eigenvalue weighted by molar-refractivity contribution is -0.383. The zero-order chi connectivity index (χ0) is 21.8. The van der Waals surface area contributed by atoms with Crippen LogP contribution in [0.3, 0.4) is 0 Å². The Morgan fingerprint density at radius 2 is 1.77 bits per heavy atom. The summed E-state index contributed by atoms with van der Waals surface area (Å²) in [6.07, 6.45) is 2.83. The van der Waals surface area contributed by atoms with Crippen LogP contribution in [0.15, 0.2) is 67.1 Å². The normalized spacial score (nSPS) is 10.5. The van der Waals surface area contributed by atoms with Crippen molar-refractivity contribution in [2.24, 2.45) is 0 Å². The van der Waals surface area contributed by atoms with Gasteiger partial charge in [0.2, 0.25) is 11.6 Å². The van der Waals surface area contributed by atoms with E-state index in [1.54, 1.807) is 49.5 Å². The van der Waals surface area contributed by atoms with Crippen LogP contribution in [0.5, 0.6) is 0 Å². The van der Waals surface area contributed by atoms with Gasteiger partial charge >= 0.3 is 5.69 Å². The molecule has 10 nitrogen and oxygen atoms in total. The van der Waals surface area contributed by atoms with Gasteiger partial charge in [-0.2, -0.15) is 0 Å². The van der Waals surface area contributed by atoms with E-state index in [9.17, 15) is 14.9 Å². The van der Waals surface area contributed by atoms with Gasteiger partial charge in [0.05, 0.1) is 10.4 Å². The predicted molar refractivity (Wildman–Crippen MR) is 116 cm³/mol. The molecule has 0 fully saturated rings. The first-order valence-corrected chi connectivity index (χ1v) is 9.27. The molecule has 0 atom stereocenters. The van der Waals surface area contributed by atoms with Gasteiger partial charge in [0.1, 0.15) is 6.33 Å². The van der Waals surface area contributed by atoms with Gasteiger partial charge in [-0.1, -0.05) is 24.3 Å². The van der Waals surface area contributed by atoms with Crippen molar-refractivity contribution in [3.8, 4) is 0 Å². The largest absolute Gasteiger partial charge is 0.355 e. The molecule has 0 radical (unpaired) electrons. The van der Waals surface area contributed by atoms with E-state index < -0.39 is 16.5 Å². The minimum Gasteiger partial charge on any atom is -0.334 e. The number of benzene rings is 2. The van der Waals surface area contributed by atoms with Gasteiger partial charge in [-0.15, -0.1) is 0 Å². The monoisotopic (exact) mass is 415 g/mol. The summed E-state index contributed by atoms with van der Waals surface area (Å²) < 4.78 is 0. The summed E-state index contributed by atoms with van der Waals surface area (Å²) >= 11 is 0. The fraction of sp³-hybridized carbons (Fsp3) is 0.0476. The van der Waals surface area contributed by atoms with Gasteiger partial charge in [0.25, 0.3) is 5.91 Å². The smallest absolute Gasteiger partial charge is 0.334 e. The van der Waals surface area contributed by atoms with E-state index in [0.29, 0.717) is 11.3 Å². The lowest BCUT2D eigenvalue weighted by Crippen LogP contribution is -2.30. The van der Waals surface area contributed by atoms with Gasteiger partial charge in [0.15, 0.2) is 0 Å². The van der Waals surface area contributed by atoms with E-state index in [1.165, 1.54) is 6.33 Å². The highest BCUT2D eigenvalue weighted by molar-refractivity contribution is 5.97. The highest BCUT2D eigenvalue weighted by atomic mass is 16.6. The molecule has 2 aromatic carbocycles. The number of hydrogen-bond acceptors (Lipinski definition) is 8. The maximum absolute atomic E-state index is 12.4. The molecule has 1 amide bonds. The van der Waals surface area contributed by atoms with Crippen molar-refractivity contribution in [1.82, 2.24) is 20.4 Å². The molecule has 0 unspecified atom stereocenters. The third-order valence-electron chi connectivity index (χ3n) is 4.59. The molecule has 31 heavy (non-hydrogen) atoms. The first kappa shape index (κ1) is 19.7. The zero-order valence-electron chi connectivity index (χ0n) is 16.4. The summed E-state index contributed by atoms with van der Waals surface area (Å²) in [5.41, 5.74) is 7.12. The number of hydrogen-bond donors (Lipinski definition) is 3. The Hall–Kier alpha value is -4.60. The second kappa shape index (κ2) is 8.41. The van der Waals surface area contributed by atoms with Gasteiger partial charge < -0.3 is 5.32 Å². The lowest BCUT2D eigenvalue weighted by Gasteiger charge is -2.12. The summed E-state index contributed by atoms with van der Waals surface area (Å²) in [4.78, 5) is 35.8. The Balaban J connectivity index is 1.63. The number of rotatable bonds is 6. The van der Waals surface area contributed by atoms with E-state index in [1.807, 2.05) is 18.2 Å². The van der Waals surface area contributed by atoms with Crippen LogP contribution in [0.1, 0.15) is 15.9 Å². The first-order valence-electron chi connectivity index (χ1n) is 9.27. The van der Waals surface area contributed by atoms with Gasteiger partial charge in [0, 0.05) is 22.8 Å². The molecule has 0 spiro atoms. The second-order valence-electron chi connectivity index (χ2n) is 6.57. The molecule has 4 rings (SSSR count). The van der Waals surface area contributed by atoms with Gasteiger partial charge in [-0.25, -0.2) is 9.97 Å². The molecule has 0 aliphatic carbocycles. The molecule has 10 heteroatoms. The molecule has 3 N–H and O–H groups in total. The van der Waals surface area contributed by atoms with E-state index >= 15 is 0 Å². The summed E-state index contributed by atoms with van der Waals surface area (Å²) in [6.45, 7) is 1.79. The van der Waals surface area contributed by atoms with Crippen molar-refractivity contribution in [3.63, 3.8) is 0 Å². The van der Waals surface area contributed by atoms with E-state index in [2.05, 4.69) is 31.1 Å². The summed E-state index contributed by atoms with van der Waals surface area (Å²) in [6, 6.07) is 16.0. The van der Waals surface area contributed by atoms with Crippen molar-refractivity contribution in [2.45, 2.75) is 6.92 Å². The number of aromatic nitrogens is 3. The minimum atomic E-state index is -0.617. The van der Waals surface area contributed by atoms with Crippen LogP contribution < -0.4 is 16.2 Å². The minimum absolute atomic E-state index is 0.0241. The second-order valence-corrected chi connectivity index (χ2v) is 6.57. The van der Waals surface area contributed by atoms with Crippen molar-refractivity contribution in [1.29, 1.82) is 0 Å². The Morgan fingerprint density at radius 1 is 0.968 bits per heavy atom. The standard InChI is InChI=1S/C21H17N7O3/c1-13-6-2-3-7-14(13)21(29)27-26-20-18(28(30)31)19(23-12-24-20)25-17-10-4-9-16-15(17)8-5-11-22-16/h2-12H,1H3,(H,27,29)(H2,23,24,25,26). The van der Waals surface area contributed by atoms with Crippen LogP contribution in [0.25, 0.3) is 10.9 Å². The predicted octanol–water partition coefficient (Wildman–Crippen LogP) is 3.74. The van der Waals surface area contributed by atoms with Crippen LogP contribution in [0, 0.1) is 17.0 Å². The highest BCUT2D eigenvalue weighted by Gasteiger charge is 2.24. The highest BCUT2D eigenvalue weighted by Crippen LogP contribution is 2.32. The number of nitrogens with one attached hydrogen (secondary N) is 3. The molecule has 0 saturated carbocycles. The molecule has 0 aliphatic rings. The SMILES string of the molecule is Cc1ccccc1C(=O)NNc1ncnc(Nc2cccc3ncccc23)c1[N+](=O)[O-]. The van der Waals surface area contributed by atoms with Crippen LogP contribution >= 0.6 is 0 Å². The number of nitrogens with zero attached hydrogens (tertiary/aromatic N) is 4. The van der Waals surface area contributed by atoms with Crippen LogP contribution in [-0.4, -0.2) is 25.8 Å². The molecule has 0 saturated heterocycles. The summed E-state index contributed by atoms with van der Waals surface area (Å²) in [7, 11) is 0. The number of fused-ring (bicyclic) bond motifs is 1. The van der Waals surface area contributed by atoms with E-state index in [0.717, 1.165) is 16.5 Å². The molecule has 0 bridgehead atoms. The molecular weight excluding hydrogens is 398 g/mol. The van der Waals surface area contributed by atoms with Crippen LogP contribution in [-0.2, 0) is 0 Å². The Labute approximate surface area is 176 Å². The first-order chi connectivity index (χ1) is 15.0. The Kier molecular flexibility index (Phi) is 5.35. The number of anilines is 3. The number of aryl methyl sites for hydroxylation is 1. The molecule has 4 aromatic rings. The molecule has 0 aliphatic heterocycles. The quantitative estimate of drug-likeness (QED) is 0.320. The molecule has 2 aromatic heterocycles. The topological polar surface area (TPSA) is 135 Å². The number of carbonyl (C=O) groups excluding carboxylic acids is 1. The molecule has 2 heterocycles. The van der Waals surface area contributed by atoms with Crippen molar-refractivity contribution < 1.29 is 9.72 Å². The maximum atomic E-state index is 12.4. The fourth-order valence-electron chi connectivity index (χ4n) is 3.09. The molecule has 154 valence electrons. The van der Waals surface area contributed by atoms with Crippen molar-refractivity contribution >= 4 is 39.8 Å². The number of pyridine rings is 1. The Morgan fingerprint density at radius 3 is 2.58 bits per heavy atom. The van der Waals surface area contributed by atoms with Gasteiger partial charge in [-0.3, -0.25) is 30.7 Å². The summed E-state index contributed by atoms with van der Waals surface area (Å²) in [5.74, 6) is -0.618. The average molecular weight is 415 g/mol. The maximum Gasteiger partial charge on any atom is 0.355 e. The summed E-state index contributed by atoms with van der Waals surface area (Å²) in [5, 5.41) is 15.5. The van der Waals surface area contributed by atoms with E-state index in [-0.39, 0.29) is 11.6 Å².